The lowest BCUT2D eigenvalue weighted by molar-refractivity contribution is 0.475. The van der Waals surface area contributed by atoms with Gasteiger partial charge in [-0.25, -0.2) is 0 Å². The summed E-state index contributed by atoms with van der Waals surface area (Å²) in [6.07, 6.45) is 0. The molecule has 0 atom stereocenters. The summed E-state index contributed by atoms with van der Waals surface area (Å²) in [5.74, 6) is 0.103. The summed E-state index contributed by atoms with van der Waals surface area (Å²) >= 11 is 0. The molecular formula is C13H13N3O4S. The van der Waals surface area contributed by atoms with Gasteiger partial charge in [0.2, 0.25) is 0 Å². The van der Waals surface area contributed by atoms with Gasteiger partial charge in [-0.15, -0.1) is 0 Å². The fraction of sp³-hybridized carbons (Fsp3) is 0.0769. The van der Waals surface area contributed by atoms with Gasteiger partial charge in [-0.1, -0.05) is 0 Å². The molecule has 21 heavy (non-hydrogen) atoms. The first-order valence-electron chi connectivity index (χ1n) is 5.86. The van der Waals surface area contributed by atoms with Crippen LogP contribution in [0.25, 0.3) is 0 Å². The summed E-state index contributed by atoms with van der Waals surface area (Å²) in [7, 11) is -4.42. The van der Waals surface area contributed by atoms with Crippen LogP contribution in [-0.2, 0) is 10.1 Å². The van der Waals surface area contributed by atoms with Gasteiger partial charge < -0.3 is 10.8 Å². The molecule has 0 saturated carbocycles. The third-order valence-corrected chi connectivity index (χ3v) is 3.64. The van der Waals surface area contributed by atoms with Crippen molar-refractivity contribution >= 4 is 27.2 Å². The fourth-order valence-electron chi connectivity index (χ4n) is 1.66. The Labute approximate surface area is 121 Å². The molecule has 0 aliphatic carbocycles. The Balaban J connectivity index is 2.42. The van der Waals surface area contributed by atoms with E-state index >= 15 is 0 Å². The number of benzene rings is 2. The van der Waals surface area contributed by atoms with Crippen molar-refractivity contribution < 1.29 is 18.1 Å². The smallest absolute Gasteiger partial charge is 0.296 e. The van der Waals surface area contributed by atoms with Gasteiger partial charge in [0.15, 0.2) is 0 Å². The first kappa shape index (κ1) is 14.9. The van der Waals surface area contributed by atoms with E-state index in [1.54, 1.807) is 19.1 Å². The lowest BCUT2D eigenvalue weighted by atomic mass is 10.2. The molecule has 0 amide bonds. The molecule has 0 heterocycles. The minimum atomic E-state index is -4.42. The number of phenols is 1. The number of nitrogen functional groups attached to an aromatic ring is 1. The topological polar surface area (TPSA) is 125 Å². The normalized spacial score (nSPS) is 11.9. The highest BCUT2D eigenvalue weighted by Crippen LogP contribution is 2.29. The Kier molecular flexibility index (Phi) is 3.92. The molecule has 0 bridgehead atoms. The van der Waals surface area contributed by atoms with Crippen LogP contribution in [0.1, 0.15) is 5.56 Å². The van der Waals surface area contributed by atoms with Crippen molar-refractivity contribution in [2.45, 2.75) is 11.8 Å². The standard InChI is InChI=1S/C13H13N3O4S/c1-8-6-11(14)13(21(18,19)20)7-12(8)16-15-9-2-4-10(17)5-3-9/h2-7,17H,14H2,1H3,(H,18,19,20). The van der Waals surface area contributed by atoms with Gasteiger partial charge in [0.05, 0.1) is 17.1 Å². The molecular weight excluding hydrogens is 294 g/mol. The minimum absolute atomic E-state index is 0.0569. The predicted octanol–water partition coefficient (Wildman–Crippen LogP) is 2.94. The second-order valence-corrected chi connectivity index (χ2v) is 5.76. The van der Waals surface area contributed by atoms with Crippen molar-refractivity contribution in [2.24, 2.45) is 10.2 Å². The number of azo groups is 1. The van der Waals surface area contributed by atoms with Crippen molar-refractivity contribution in [2.75, 3.05) is 5.73 Å². The number of nitrogens with two attached hydrogens (primary N) is 1. The van der Waals surface area contributed by atoms with Gasteiger partial charge in [0.1, 0.15) is 10.6 Å². The Morgan fingerprint density at radius 1 is 1.10 bits per heavy atom. The number of anilines is 1. The van der Waals surface area contributed by atoms with Gasteiger partial charge in [-0.3, -0.25) is 4.55 Å². The van der Waals surface area contributed by atoms with Crippen LogP contribution < -0.4 is 5.73 Å². The van der Waals surface area contributed by atoms with Crippen molar-refractivity contribution in [1.29, 1.82) is 0 Å². The summed E-state index contributed by atoms with van der Waals surface area (Å²) in [4.78, 5) is -0.409. The molecule has 2 aromatic rings. The van der Waals surface area contributed by atoms with Gasteiger partial charge in [0, 0.05) is 0 Å². The van der Waals surface area contributed by atoms with E-state index in [0.29, 0.717) is 11.3 Å². The molecule has 8 heteroatoms. The molecule has 0 fully saturated rings. The zero-order valence-electron chi connectivity index (χ0n) is 11.1. The van der Waals surface area contributed by atoms with E-state index in [-0.39, 0.29) is 17.1 Å². The molecule has 0 aliphatic heterocycles. The Hall–Kier alpha value is -2.45. The number of rotatable bonds is 3. The van der Waals surface area contributed by atoms with Crippen LogP contribution in [0.15, 0.2) is 51.5 Å². The van der Waals surface area contributed by atoms with Crippen LogP contribution >= 0.6 is 0 Å². The first-order chi connectivity index (χ1) is 9.77. The van der Waals surface area contributed by atoms with E-state index in [4.69, 9.17) is 15.4 Å². The predicted molar refractivity (Wildman–Crippen MR) is 77.7 cm³/mol. The van der Waals surface area contributed by atoms with Crippen LogP contribution in [0.4, 0.5) is 17.1 Å². The van der Waals surface area contributed by atoms with E-state index < -0.39 is 15.0 Å². The van der Waals surface area contributed by atoms with Crippen LogP contribution in [0, 0.1) is 6.92 Å². The number of nitrogens with zero attached hydrogens (tertiary/aromatic N) is 2. The maximum Gasteiger partial charge on any atom is 0.296 e. The van der Waals surface area contributed by atoms with E-state index in [1.807, 2.05) is 0 Å². The summed E-state index contributed by atoms with van der Waals surface area (Å²) in [5.41, 5.74) is 6.87. The molecule has 7 nitrogen and oxygen atoms in total. The first-order valence-corrected chi connectivity index (χ1v) is 7.30. The van der Waals surface area contributed by atoms with Crippen molar-refractivity contribution in [3.63, 3.8) is 0 Å². The molecule has 0 radical (unpaired) electrons. The maximum atomic E-state index is 11.2. The van der Waals surface area contributed by atoms with E-state index in [0.717, 1.165) is 6.07 Å². The quantitative estimate of drug-likeness (QED) is 0.456. The number of phenolic OH excluding ortho intramolecular Hbond substituents is 1. The Morgan fingerprint density at radius 2 is 1.71 bits per heavy atom. The minimum Gasteiger partial charge on any atom is -0.508 e. The second-order valence-electron chi connectivity index (χ2n) is 4.37. The summed E-state index contributed by atoms with van der Waals surface area (Å²) in [5, 5.41) is 17.0. The lowest BCUT2D eigenvalue weighted by Crippen LogP contribution is -2.03. The average Bonchev–Trinajstić information content (AvgIpc) is 2.38. The molecule has 0 spiro atoms. The van der Waals surface area contributed by atoms with Crippen molar-refractivity contribution in [3.8, 4) is 5.75 Å². The van der Waals surface area contributed by atoms with Crippen LogP contribution in [-0.4, -0.2) is 18.1 Å². The number of aromatic hydroxyl groups is 1. The monoisotopic (exact) mass is 307 g/mol. The molecule has 0 saturated heterocycles. The highest BCUT2D eigenvalue weighted by molar-refractivity contribution is 7.86. The Morgan fingerprint density at radius 3 is 2.29 bits per heavy atom. The second kappa shape index (κ2) is 5.51. The molecule has 4 N–H and O–H groups in total. The number of hydrogen-bond donors (Lipinski definition) is 3. The van der Waals surface area contributed by atoms with Gasteiger partial charge in [-0.2, -0.15) is 18.6 Å². The van der Waals surface area contributed by atoms with E-state index in [2.05, 4.69) is 10.2 Å². The summed E-state index contributed by atoms with van der Waals surface area (Å²) in [6, 6.07) is 8.56. The van der Waals surface area contributed by atoms with E-state index in [9.17, 15) is 8.42 Å². The summed E-state index contributed by atoms with van der Waals surface area (Å²) in [6.45, 7) is 1.69. The Bertz CT molecular complexity index is 799. The van der Waals surface area contributed by atoms with Crippen LogP contribution in [0.3, 0.4) is 0 Å². The van der Waals surface area contributed by atoms with Gasteiger partial charge >= 0.3 is 0 Å². The maximum absolute atomic E-state index is 11.2. The zero-order chi connectivity index (χ0) is 15.6. The van der Waals surface area contributed by atoms with Gasteiger partial charge in [-0.05, 0) is 48.9 Å². The van der Waals surface area contributed by atoms with Crippen molar-refractivity contribution in [1.82, 2.24) is 0 Å². The third-order valence-electron chi connectivity index (χ3n) is 2.73. The largest absolute Gasteiger partial charge is 0.508 e. The fourth-order valence-corrected chi connectivity index (χ4v) is 2.28. The number of aryl methyl sites for hydroxylation is 1. The zero-order valence-corrected chi connectivity index (χ0v) is 11.9. The third kappa shape index (κ3) is 3.56. The van der Waals surface area contributed by atoms with E-state index in [1.165, 1.54) is 18.2 Å². The molecule has 0 unspecified atom stereocenters. The molecule has 2 rings (SSSR count). The van der Waals surface area contributed by atoms with Crippen LogP contribution in [0.2, 0.25) is 0 Å². The highest BCUT2D eigenvalue weighted by Gasteiger charge is 2.16. The summed E-state index contributed by atoms with van der Waals surface area (Å²) < 4.78 is 31.5. The SMILES string of the molecule is Cc1cc(N)c(S(=O)(=O)O)cc1N=Nc1ccc(O)cc1. The van der Waals surface area contributed by atoms with Crippen LogP contribution in [0.5, 0.6) is 5.75 Å². The van der Waals surface area contributed by atoms with Gasteiger partial charge in [0.25, 0.3) is 10.1 Å². The lowest BCUT2D eigenvalue weighted by Gasteiger charge is -2.06. The molecule has 2 aromatic carbocycles. The highest BCUT2D eigenvalue weighted by atomic mass is 32.2. The molecule has 0 aromatic heterocycles. The number of hydrogen-bond acceptors (Lipinski definition) is 6. The van der Waals surface area contributed by atoms with Crippen molar-refractivity contribution in [3.05, 3.63) is 42.0 Å². The molecule has 110 valence electrons. The average molecular weight is 307 g/mol. The molecule has 0 aliphatic rings.